The number of rotatable bonds is 7. The second-order valence-electron chi connectivity index (χ2n) is 7.54. The van der Waals surface area contributed by atoms with Gasteiger partial charge in [0.05, 0.1) is 6.54 Å². The highest BCUT2D eigenvalue weighted by atomic mass is 16.5. The molecule has 142 valence electrons. The van der Waals surface area contributed by atoms with Gasteiger partial charge < -0.3 is 20.2 Å². The molecule has 1 unspecified atom stereocenters. The summed E-state index contributed by atoms with van der Waals surface area (Å²) in [5.41, 5.74) is 6.46. The summed E-state index contributed by atoms with van der Waals surface area (Å²) >= 11 is 0. The van der Waals surface area contributed by atoms with Crippen molar-refractivity contribution in [3.8, 4) is 5.75 Å². The quantitative estimate of drug-likeness (QED) is 0.585. The van der Waals surface area contributed by atoms with E-state index in [0.29, 0.717) is 37.4 Å². The van der Waals surface area contributed by atoms with Crippen molar-refractivity contribution in [1.29, 1.82) is 0 Å². The van der Waals surface area contributed by atoms with E-state index in [-0.39, 0.29) is 22.9 Å². The zero-order valence-electron chi connectivity index (χ0n) is 15.9. The van der Waals surface area contributed by atoms with Crippen LogP contribution in [0.3, 0.4) is 0 Å². The average molecular weight is 360 g/mol. The third kappa shape index (κ3) is 5.08. The van der Waals surface area contributed by atoms with Crippen molar-refractivity contribution < 1.29 is 13.9 Å². The summed E-state index contributed by atoms with van der Waals surface area (Å²) in [7, 11) is 0. The molecule has 0 saturated heterocycles. The summed E-state index contributed by atoms with van der Waals surface area (Å²) in [6.07, 6.45) is 0.652. The first-order valence-corrected chi connectivity index (χ1v) is 8.87. The molecule has 0 aliphatic heterocycles. The summed E-state index contributed by atoms with van der Waals surface area (Å²) in [6, 6.07) is 6.84. The van der Waals surface area contributed by atoms with Gasteiger partial charge in [0.15, 0.2) is 0 Å². The van der Waals surface area contributed by atoms with Crippen molar-refractivity contribution >= 4 is 16.9 Å². The minimum Gasteiger partial charge on any atom is -0.492 e. The Balaban J connectivity index is 1.92. The molecular formula is C20H28N2O4. The molecule has 0 aliphatic carbocycles. The fourth-order valence-electron chi connectivity index (χ4n) is 2.99. The third-order valence-electron chi connectivity index (χ3n) is 4.41. The molecule has 3 N–H and O–H groups in total. The molecule has 1 atom stereocenters. The van der Waals surface area contributed by atoms with Gasteiger partial charge in [0.1, 0.15) is 17.9 Å². The lowest BCUT2D eigenvalue weighted by atomic mass is 9.78. The first kappa shape index (κ1) is 20.0. The third-order valence-corrected chi connectivity index (χ3v) is 4.41. The lowest BCUT2D eigenvalue weighted by Gasteiger charge is -2.29. The van der Waals surface area contributed by atoms with Gasteiger partial charge in [-0.15, -0.1) is 0 Å². The Bertz CT molecular complexity index is 821. The molecule has 1 amide bonds. The molecule has 0 saturated carbocycles. The van der Waals surface area contributed by atoms with E-state index in [2.05, 4.69) is 5.32 Å². The maximum Gasteiger partial charge on any atom is 0.336 e. The van der Waals surface area contributed by atoms with E-state index in [9.17, 15) is 9.59 Å². The van der Waals surface area contributed by atoms with E-state index in [4.69, 9.17) is 14.9 Å². The van der Waals surface area contributed by atoms with Crippen LogP contribution in [0.25, 0.3) is 11.0 Å². The number of hydrogen-bond donors (Lipinski definition) is 2. The Morgan fingerprint density at radius 1 is 1.31 bits per heavy atom. The Hall–Kier alpha value is -2.34. The van der Waals surface area contributed by atoms with Gasteiger partial charge >= 0.3 is 5.63 Å². The van der Waals surface area contributed by atoms with Crippen LogP contribution in [0.4, 0.5) is 0 Å². The molecule has 2 rings (SSSR count). The molecule has 2 aromatic rings. The first-order valence-electron chi connectivity index (χ1n) is 8.87. The van der Waals surface area contributed by atoms with Crippen molar-refractivity contribution in [2.24, 2.45) is 17.1 Å². The van der Waals surface area contributed by atoms with Gasteiger partial charge in [-0.1, -0.05) is 20.8 Å². The minimum absolute atomic E-state index is 0.00770. The average Bonchev–Trinajstić information content (AvgIpc) is 2.54. The fraction of sp³-hybridized carbons (Fsp3) is 0.500. The standard InChI is InChI=1S/C20H28N2O4/c1-13-11-18(23)26-17-12-14(5-6-15(13)17)25-10-9-22-19(24)16(7-8-21)20(2,3)4/h5-6,11-12,16H,7-10,21H2,1-4H3,(H,22,24). The Kier molecular flexibility index (Phi) is 6.42. The Morgan fingerprint density at radius 2 is 2.04 bits per heavy atom. The van der Waals surface area contributed by atoms with E-state index in [1.807, 2.05) is 39.8 Å². The smallest absolute Gasteiger partial charge is 0.336 e. The Labute approximate surface area is 153 Å². The number of nitrogens with two attached hydrogens (primary N) is 1. The highest BCUT2D eigenvalue weighted by Crippen LogP contribution is 2.28. The number of nitrogens with one attached hydrogen (secondary N) is 1. The predicted octanol–water partition coefficient (Wildman–Crippen LogP) is 2.61. The van der Waals surface area contributed by atoms with E-state index in [1.54, 1.807) is 6.07 Å². The molecule has 26 heavy (non-hydrogen) atoms. The molecule has 0 fully saturated rings. The van der Waals surface area contributed by atoms with Gasteiger partial charge in [-0.25, -0.2) is 4.79 Å². The molecule has 0 radical (unpaired) electrons. The van der Waals surface area contributed by atoms with Crippen LogP contribution >= 0.6 is 0 Å². The number of aryl methyl sites for hydroxylation is 1. The number of carbonyl (C=O) groups excluding carboxylic acids is 1. The summed E-state index contributed by atoms with van der Waals surface area (Å²) in [4.78, 5) is 23.9. The molecule has 6 heteroatoms. The molecule has 1 aromatic carbocycles. The number of amides is 1. The van der Waals surface area contributed by atoms with Gasteiger partial charge in [0, 0.05) is 23.4 Å². The second-order valence-corrected chi connectivity index (χ2v) is 7.54. The lowest BCUT2D eigenvalue weighted by molar-refractivity contribution is -0.128. The molecule has 1 aromatic heterocycles. The van der Waals surface area contributed by atoms with Gasteiger partial charge in [-0.05, 0) is 43.0 Å². The van der Waals surface area contributed by atoms with Crippen LogP contribution < -0.4 is 21.4 Å². The molecule has 0 bridgehead atoms. The number of carbonyl (C=O) groups is 1. The summed E-state index contributed by atoms with van der Waals surface area (Å²) in [5, 5.41) is 3.78. The monoisotopic (exact) mass is 360 g/mol. The SMILES string of the molecule is Cc1cc(=O)oc2cc(OCCNC(=O)C(CCN)C(C)(C)C)ccc12. The molecule has 0 spiro atoms. The van der Waals surface area contributed by atoms with Crippen LogP contribution in [-0.2, 0) is 4.79 Å². The van der Waals surface area contributed by atoms with Crippen LogP contribution in [0.5, 0.6) is 5.75 Å². The molecular weight excluding hydrogens is 332 g/mol. The maximum absolute atomic E-state index is 12.4. The minimum atomic E-state index is -0.382. The number of benzene rings is 1. The zero-order chi connectivity index (χ0) is 19.3. The van der Waals surface area contributed by atoms with E-state index < -0.39 is 0 Å². The van der Waals surface area contributed by atoms with Crippen LogP contribution in [0.1, 0.15) is 32.8 Å². The van der Waals surface area contributed by atoms with Crippen molar-refractivity contribution in [2.45, 2.75) is 34.1 Å². The van der Waals surface area contributed by atoms with Crippen LogP contribution in [-0.4, -0.2) is 25.6 Å². The molecule has 0 aliphatic rings. The lowest BCUT2D eigenvalue weighted by Crippen LogP contribution is -2.40. The molecule has 1 heterocycles. The number of hydrogen-bond acceptors (Lipinski definition) is 5. The van der Waals surface area contributed by atoms with E-state index >= 15 is 0 Å². The highest BCUT2D eigenvalue weighted by Gasteiger charge is 2.30. The van der Waals surface area contributed by atoms with Gasteiger partial charge in [0.2, 0.25) is 5.91 Å². The van der Waals surface area contributed by atoms with Crippen molar-refractivity contribution in [3.05, 3.63) is 40.2 Å². The molecule has 6 nitrogen and oxygen atoms in total. The Morgan fingerprint density at radius 3 is 2.69 bits per heavy atom. The van der Waals surface area contributed by atoms with Crippen molar-refractivity contribution in [1.82, 2.24) is 5.32 Å². The van der Waals surface area contributed by atoms with E-state index in [0.717, 1.165) is 10.9 Å². The fourth-order valence-corrected chi connectivity index (χ4v) is 2.99. The summed E-state index contributed by atoms with van der Waals surface area (Å²) in [6.45, 7) is 9.17. The van der Waals surface area contributed by atoms with Crippen LogP contribution in [0, 0.1) is 18.3 Å². The number of ether oxygens (including phenoxy) is 1. The second kappa shape index (κ2) is 8.36. The normalized spacial score (nSPS) is 12.8. The van der Waals surface area contributed by atoms with Gasteiger partial charge in [-0.3, -0.25) is 4.79 Å². The van der Waals surface area contributed by atoms with Crippen molar-refractivity contribution in [3.63, 3.8) is 0 Å². The van der Waals surface area contributed by atoms with Gasteiger partial charge in [-0.2, -0.15) is 0 Å². The van der Waals surface area contributed by atoms with Crippen molar-refractivity contribution in [2.75, 3.05) is 19.7 Å². The number of fused-ring (bicyclic) bond motifs is 1. The predicted molar refractivity (Wildman–Crippen MR) is 102 cm³/mol. The van der Waals surface area contributed by atoms with Gasteiger partial charge in [0.25, 0.3) is 0 Å². The van der Waals surface area contributed by atoms with E-state index in [1.165, 1.54) is 6.07 Å². The largest absolute Gasteiger partial charge is 0.492 e. The highest BCUT2D eigenvalue weighted by molar-refractivity contribution is 5.81. The summed E-state index contributed by atoms with van der Waals surface area (Å²) in [5.74, 6) is 0.451. The van der Waals surface area contributed by atoms with Crippen LogP contribution in [0.15, 0.2) is 33.5 Å². The summed E-state index contributed by atoms with van der Waals surface area (Å²) < 4.78 is 10.9. The maximum atomic E-state index is 12.4. The zero-order valence-corrected chi connectivity index (χ0v) is 15.9. The van der Waals surface area contributed by atoms with Crippen LogP contribution in [0.2, 0.25) is 0 Å². The first-order chi connectivity index (χ1) is 12.2. The topological polar surface area (TPSA) is 94.6 Å².